The zero-order valence-electron chi connectivity index (χ0n) is 12.4. The molecule has 2 heterocycles. The van der Waals surface area contributed by atoms with Crippen LogP contribution in [0.3, 0.4) is 0 Å². The van der Waals surface area contributed by atoms with Crippen LogP contribution in [-0.2, 0) is 13.5 Å². The number of nitrogens with zero attached hydrogens (tertiary/aromatic N) is 3. The first-order valence-electron chi connectivity index (χ1n) is 7.35. The van der Waals surface area contributed by atoms with E-state index in [-0.39, 0.29) is 0 Å². The highest BCUT2D eigenvalue weighted by atomic mass is 32.1. The molecule has 5 heteroatoms. The van der Waals surface area contributed by atoms with Gasteiger partial charge in [0.05, 0.1) is 11.9 Å². The van der Waals surface area contributed by atoms with E-state index in [0.717, 1.165) is 17.1 Å². The van der Waals surface area contributed by atoms with E-state index >= 15 is 0 Å². The van der Waals surface area contributed by atoms with Gasteiger partial charge in [0.2, 0.25) is 0 Å². The summed E-state index contributed by atoms with van der Waals surface area (Å²) in [6.45, 7) is 5.44. The lowest BCUT2D eigenvalue weighted by Crippen LogP contribution is -2.29. The molecule has 0 bridgehead atoms. The number of hydrogen-bond acceptors (Lipinski definition) is 4. The fraction of sp³-hybridized carbons (Fsp3) is 0.600. The third-order valence-electron chi connectivity index (χ3n) is 3.80. The van der Waals surface area contributed by atoms with Crippen molar-refractivity contribution >= 4 is 11.3 Å². The van der Waals surface area contributed by atoms with Crippen LogP contribution >= 0.6 is 11.3 Å². The molecule has 1 aliphatic rings. The van der Waals surface area contributed by atoms with E-state index in [9.17, 15) is 0 Å². The highest BCUT2D eigenvalue weighted by Gasteiger charge is 2.25. The van der Waals surface area contributed by atoms with E-state index in [4.69, 9.17) is 4.98 Å². The molecule has 4 nitrogen and oxygen atoms in total. The second-order valence-corrected chi connectivity index (χ2v) is 6.97. The molecule has 0 amide bonds. The summed E-state index contributed by atoms with van der Waals surface area (Å²) in [5, 5.41) is 8.93. The van der Waals surface area contributed by atoms with Gasteiger partial charge >= 0.3 is 0 Å². The van der Waals surface area contributed by atoms with E-state index in [1.54, 1.807) is 0 Å². The number of hydrogen-bond donors (Lipinski definition) is 1. The predicted octanol–water partition coefficient (Wildman–Crippen LogP) is 2.96. The summed E-state index contributed by atoms with van der Waals surface area (Å²) in [7, 11) is 1.95. The van der Waals surface area contributed by atoms with Crippen LogP contribution in [0.1, 0.15) is 43.2 Å². The van der Waals surface area contributed by atoms with Gasteiger partial charge in [-0.25, -0.2) is 4.98 Å². The highest BCUT2D eigenvalue weighted by Crippen LogP contribution is 2.37. The number of rotatable bonds is 4. The summed E-state index contributed by atoms with van der Waals surface area (Å²) < 4.78 is 1.84. The Labute approximate surface area is 124 Å². The van der Waals surface area contributed by atoms with Crippen molar-refractivity contribution in [2.45, 2.75) is 45.1 Å². The molecule has 20 heavy (non-hydrogen) atoms. The summed E-state index contributed by atoms with van der Waals surface area (Å²) in [5.74, 6) is 0.572. The van der Waals surface area contributed by atoms with Crippen LogP contribution in [-0.4, -0.2) is 27.4 Å². The lowest BCUT2D eigenvalue weighted by atomic mass is 9.91. The first-order valence-corrected chi connectivity index (χ1v) is 8.17. The van der Waals surface area contributed by atoms with E-state index in [0.29, 0.717) is 12.0 Å². The lowest BCUT2D eigenvalue weighted by molar-refractivity contribution is 0.475. The maximum absolute atomic E-state index is 4.92. The van der Waals surface area contributed by atoms with Crippen LogP contribution in [0.15, 0.2) is 12.4 Å². The first-order chi connectivity index (χ1) is 9.63. The van der Waals surface area contributed by atoms with Gasteiger partial charge in [-0.15, -0.1) is 11.3 Å². The minimum absolute atomic E-state index is 0.539. The molecule has 0 fully saturated rings. The molecule has 1 N–H and O–H groups in total. The van der Waals surface area contributed by atoms with Crippen molar-refractivity contribution < 1.29 is 0 Å². The van der Waals surface area contributed by atoms with Crippen molar-refractivity contribution in [2.75, 3.05) is 6.54 Å². The topological polar surface area (TPSA) is 42.7 Å². The predicted molar refractivity (Wildman–Crippen MR) is 83.1 cm³/mol. The Balaban J connectivity index is 1.84. The monoisotopic (exact) mass is 290 g/mol. The Kier molecular flexibility index (Phi) is 3.89. The average molecular weight is 290 g/mol. The molecule has 2 aromatic rings. The van der Waals surface area contributed by atoms with E-state index in [1.165, 1.54) is 29.8 Å². The standard InChI is InChI=1S/C15H22N4S/c1-10(2)16-7-11-5-4-6-13-14(11)18-15(20-13)12-8-17-19(3)9-12/h8-11,16H,4-7H2,1-3H3. The average Bonchev–Trinajstić information content (AvgIpc) is 3.01. The molecule has 0 saturated carbocycles. The summed E-state index contributed by atoms with van der Waals surface area (Å²) in [4.78, 5) is 6.40. The molecule has 0 spiro atoms. The molecule has 0 aliphatic heterocycles. The molecule has 0 radical (unpaired) electrons. The second-order valence-electron chi connectivity index (χ2n) is 5.88. The van der Waals surface area contributed by atoms with Gasteiger partial charge in [-0.05, 0) is 19.3 Å². The molecule has 2 aromatic heterocycles. The van der Waals surface area contributed by atoms with Crippen molar-refractivity contribution in [3.63, 3.8) is 0 Å². The molecule has 1 aliphatic carbocycles. The van der Waals surface area contributed by atoms with Crippen molar-refractivity contribution in [3.8, 4) is 10.6 Å². The van der Waals surface area contributed by atoms with Crippen LogP contribution < -0.4 is 5.32 Å². The van der Waals surface area contributed by atoms with Crippen molar-refractivity contribution in [1.29, 1.82) is 0 Å². The fourth-order valence-corrected chi connectivity index (χ4v) is 3.90. The number of nitrogens with one attached hydrogen (secondary N) is 1. The van der Waals surface area contributed by atoms with Crippen molar-refractivity contribution in [3.05, 3.63) is 23.0 Å². The summed E-state index contributed by atoms with van der Waals surface area (Å²) >= 11 is 1.85. The molecular formula is C15H22N4S. The molecular weight excluding hydrogens is 268 g/mol. The Hall–Kier alpha value is -1.20. The van der Waals surface area contributed by atoms with Gasteiger partial charge in [-0.1, -0.05) is 13.8 Å². The minimum Gasteiger partial charge on any atom is -0.314 e. The molecule has 1 atom stereocenters. The van der Waals surface area contributed by atoms with Crippen molar-refractivity contribution in [1.82, 2.24) is 20.1 Å². The van der Waals surface area contributed by atoms with Crippen LogP contribution in [0.4, 0.5) is 0 Å². The lowest BCUT2D eigenvalue weighted by Gasteiger charge is -2.22. The van der Waals surface area contributed by atoms with Gasteiger partial charge in [0.15, 0.2) is 0 Å². The molecule has 0 saturated heterocycles. The van der Waals surface area contributed by atoms with E-state index in [1.807, 2.05) is 35.5 Å². The van der Waals surface area contributed by atoms with Gasteiger partial charge in [0.25, 0.3) is 0 Å². The van der Waals surface area contributed by atoms with Crippen LogP contribution in [0.5, 0.6) is 0 Å². The Morgan fingerprint density at radius 1 is 1.50 bits per heavy atom. The third kappa shape index (κ3) is 2.79. The van der Waals surface area contributed by atoms with Crippen LogP contribution in [0, 0.1) is 0 Å². The molecule has 0 aromatic carbocycles. The summed E-state index contributed by atoms with van der Waals surface area (Å²) in [6, 6.07) is 0.539. The normalized spacial score (nSPS) is 18.5. The third-order valence-corrected chi connectivity index (χ3v) is 4.98. The van der Waals surface area contributed by atoms with Gasteiger partial charge < -0.3 is 5.32 Å². The second kappa shape index (κ2) is 5.66. The molecule has 108 valence electrons. The zero-order valence-corrected chi connectivity index (χ0v) is 13.2. The van der Waals surface area contributed by atoms with E-state index < -0.39 is 0 Å². The van der Waals surface area contributed by atoms with Crippen molar-refractivity contribution in [2.24, 2.45) is 7.05 Å². The number of aryl methyl sites for hydroxylation is 2. The Morgan fingerprint density at radius 2 is 2.35 bits per heavy atom. The largest absolute Gasteiger partial charge is 0.314 e. The minimum atomic E-state index is 0.539. The van der Waals surface area contributed by atoms with Gasteiger partial charge in [0.1, 0.15) is 5.01 Å². The maximum Gasteiger partial charge on any atom is 0.127 e. The quantitative estimate of drug-likeness (QED) is 0.941. The molecule has 3 rings (SSSR count). The highest BCUT2D eigenvalue weighted by molar-refractivity contribution is 7.15. The number of thiazole rings is 1. The van der Waals surface area contributed by atoms with Gasteiger partial charge in [-0.2, -0.15) is 5.10 Å². The maximum atomic E-state index is 4.92. The van der Waals surface area contributed by atoms with E-state index in [2.05, 4.69) is 24.3 Å². The number of aromatic nitrogens is 3. The van der Waals surface area contributed by atoms with Crippen LogP contribution in [0.25, 0.3) is 10.6 Å². The number of fused-ring (bicyclic) bond motifs is 1. The van der Waals surface area contributed by atoms with Crippen LogP contribution in [0.2, 0.25) is 0 Å². The SMILES string of the molecule is CC(C)NCC1CCCc2sc(-c3cnn(C)c3)nc21. The fourth-order valence-electron chi connectivity index (χ4n) is 2.74. The van der Waals surface area contributed by atoms with Gasteiger partial charge in [-0.3, -0.25) is 4.68 Å². The van der Waals surface area contributed by atoms with Gasteiger partial charge in [0, 0.05) is 42.2 Å². The Morgan fingerprint density at radius 3 is 3.05 bits per heavy atom. The summed E-state index contributed by atoms with van der Waals surface area (Å²) in [5.41, 5.74) is 2.47. The smallest absolute Gasteiger partial charge is 0.127 e. The summed E-state index contributed by atoms with van der Waals surface area (Å²) in [6.07, 6.45) is 7.68. The Bertz CT molecular complexity index is 584. The zero-order chi connectivity index (χ0) is 14.1. The first kappa shape index (κ1) is 13.8. The molecule has 1 unspecified atom stereocenters.